The highest BCUT2D eigenvalue weighted by molar-refractivity contribution is 4.89. The Bertz CT molecular complexity index is 210. The lowest BCUT2D eigenvalue weighted by Gasteiger charge is -2.40. The minimum Gasteiger partial charge on any atom is -0.394 e. The van der Waals surface area contributed by atoms with Gasteiger partial charge in [0.15, 0.2) is 6.29 Å². The van der Waals surface area contributed by atoms with Crippen molar-refractivity contribution >= 4 is 0 Å². The van der Waals surface area contributed by atoms with Crippen LogP contribution in [0.3, 0.4) is 0 Å². The van der Waals surface area contributed by atoms with Crippen LogP contribution in [-0.2, 0) is 9.47 Å². The summed E-state index contributed by atoms with van der Waals surface area (Å²) in [7, 11) is 0. The van der Waals surface area contributed by atoms with E-state index in [-0.39, 0.29) is 6.61 Å². The number of ether oxygens (including phenoxy) is 2. The zero-order valence-corrected chi connectivity index (χ0v) is 8.93. The van der Waals surface area contributed by atoms with Crippen LogP contribution in [0.2, 0.25) is 0 Å². The van der Waals surface area contributed by atoms with E-state index in [9.17, 15) is 15.3 Å². The third-order valence-corrected chi connectivity index (χ3v) is 2.47. The van der Waals surface area contributed by atoms with Crippen LogP contribution < -0.4 is 0 Å². The molecule has 0 bridgehead atoms. The molecule has 16 heavy (non-hydrogen) atoms. The highest BCUT2D eigenvalue weighted by Crippen LogP contribution is 2.22. The van der Waals surface area contributed by atoms with Crippen LogP contribution in [0.1, 0.15) is 6.92 Å². The van der Waals surface area contributed by atoms with Gasteiger partial charge in [-0.2, -0.15) is 0 Å². The summed E-state index contributed by atoms with van der Waals surface area (Å²) in [6.07, 6.45) is -7.04. The van der Waals surface area contributed by atoms with Gasteiger partial charge in [-0.3, -0.25) is 0 Å². The lowest BCUT2D eigenvalue weighted by molar-refractivity contribution is -0.311. The van der Waals surface area contributed by atoms with E-state index < -0.39 is 43.4 Å². The summed E-state index contributed by atoms with van der Waals surface area (Å²) in [6.45, 7) is 0.786. The molecular weight excluding hydrogens is 220 g/mol. The van der Waals surface area contributed by atoms with Gasteiger partial charge in [0.1, 0.15) is 24.4 Å². The van der Waals surface area contributed by atoms with Crippen molar-refractivity contribution < 1.29 is 35.0 Å². The molecule has 96 valence electrons. The van der Waals surface area contributed by atoms with E-state index in [0.717, 1.165) is 0 Å². The van der Waals surface area contributed by atoms with Crippen LogP contribution in [0.4, 0.5) is 0 Å². The maximum atomic E-state index is 9.54. The summed E-state index contributed by atoms with van der Waals surface area (Å²) in [6, 6.07) is 0. The normalized spacial score (nSPS) is 42.0. The monoisotopic (exact) mass is 238 g/mol. The molecular formula is C9H18O7. The van der Waals surface area contributed by atoms with Crippen LogP contribution in [0.25, 0.3) is 0 Å². The predicted molar refractivity (Wildman–Crippen MR) is 51.4 cm³/mol. The van der Waals surface area contributed by atoms with Crippen molar-refractivity contribution in [3.63, 3.8) is 0 Å². The maximum Gasteiger partial charge on any atom is 0.187 e. The first-order valence-electron chi connectivity index (χ1n) is 5.08. The molecule has 5 N–H and O–H groups in total. The first-order valence-corrected chi connectivity index (χ1v) is 5.08. The van der Waals surface area contributed by atoms with E-state index in [1.807, 2.05) is 0 Å². The van der Waals surface area contributed by atoms with Gasteiger partial charge in [0.05, 0.1) is 19.3 Å². The Balaban J connectivity index is 2.63. The Morgan fingerprint density at radius 3 is 2.25 bits per heavy atom. The minimum atomic E-state index is -1.46. The summed E-state index contributed by atoms with van der Waals surface area (Å²) in [5, 5.41) is 46.1. The van der Waals surface area contributed by atoms with E-state index in [4.69, 9.17) is 19.7 Å². The number of hydrogen-bond acceptors (Lipinski definition) is 7. The standard InChI is InChI=1S/C9H18O7/c1-4(2-10)15-9-8(14)7(13)6(12)5(3-11)16-9/h4-14H,2-3H2,1H3/t4?,5?,6-,7?,8-,9-/m1/s1. The molecule has 0 aromatic rings. The summed E-state index contributed by atoms with van der Waals surface area (Å²) in [4.78, 5) is 0. The maximum absolute atomic E-state index is 9.54. The highest BCUT2D eigenvalue weighted by Gasteiger charge is 2.44. The third kappa shape index (κ3) is 2.89. The molecule has 3 unspecified atom stereocenters. The fourth-order valence-corrected chi connectivity index (χ4v) is 1.45. The molecule has 0 saturated carbocycles. The number of rotatable bonds is 4. The van der Waals surface area contributed by atoms with Gasteiger partial charge in [0, 0.05) is 0 Å². The summed E-state index contributed by atoms with van der Waals surface area (Å²) < 4.78 is 10.2. The lowest BCUT2D eigenvalue weighted by Crippen LogP contribution is -2.59. The third-order valence-electron chi connectivity index (χ3n) is 2.47. The molecule has 1 fully saturated rings. The zero-order chi connectivity index (χ0) is 12.3. The molecule has 7 heteroatoms. The first kappa shape index (κ1) is 13.8. The van der Waals surface area contributed by atoms with E-state index in [2.05, 4.69) is 0 Å². The van der Waals surface area contributed by atoms with Crippen LogP contribution in [0.15, 0.2) is 0 Å². The van der Waals surface area contributed by atoms with Crippen molar-refractivity contribution in [2.75, 3.05) is 13.2 Å². The topological polar surface area (TPSA) is 120 Å². The Kier molecular flexibility index (Phi) is 5.06. The predicted octanol–water partition coefficient (Wildman–Crippen LogP) is -2.82. The quantitative estimate of drug-likeness (QED) is 0.358. The molecule has 0 aliphatic carbocycles. The second-order valence-electron chi connectivity index (χ2n) is 3.83. The second-order valence-corrected chi connectivity index (χ2v) is 3.83. The van der Waals surface area contributed by atoms with Crippen LogP contribution >= 0.6 is 0 Å². The van der Waals surface area contributed by atoms with Crippen molar-refractivity contribution in [1.29, 1.82) is 0 Å². The van der Waals surface area contributed by atoms with E-state index in [0.29, 0.717) is 0 Å². The van der Waals surface area contributed by atoms with E-state index >= 15 is 0 Å². The molecule has 0 radical (unpaired) electrons. The van der Waals surface area contributed by atoms with Gasteiger partial charge in [-0.1, -0.05) is 0 Å². The van der Waals surface area contributed by atoms with Gasteiger partial charge in [-0.25, -0.2) is 0 Å². The summed E-state index contributed by atoms with van der Waals surface area (Å²) >= 11 is 0. The first-order chi connectivity index (χ1) is 7.51. The highest BCUT2D eigenvalue weighted by atomic mass is 16.7. The van der Waals surface area contributed by atoms with Crippen molar-refractivity contribution in [2.45, 2.75) is 43.7 Å². The number of aliphatic hydroxyl groups excluding tert-OH is 5. The largest absolute Gasteiger partial charge is 0.394 e. The zero-order valence-electron chi connectivity index (χ0n) is 8.93. The van der Waals surface area contributed by atoms with Crippen LogP contribution in [-0.4, -0.2) is 75.6 Å². The van der Waals surface area contributed by atoms with Gasteiger partial charge in [0.2, 0.25) is 0 Å². The Labute approximate surface area is 92.9 Å². The average Bonchev–Trinajstić information content (AvgIpc) is 2.29. The molecule has 0 aromatic heterocycles. The lowest BCUT2D eigenvalue weighted by atomic mass is 9.99. The van der Waals surface area contributed by atoms with Gasteiger partial charge in [-0.15, -0.1) is 0 Å². The Hall–Kier alpha value is -0.280. The second kappa shape index (κ2) is 5.87. The molecule has 1 aliphatic heterocycles. The molecule has 1 saturated heterocycles. The van der Waals surface area contributed by atoms with Gasteiger partial charge >= 0.3 is 0 Å². The van der Waals surface area contributed by atoms with Gasteiger partial charge in [0.25, 0.3) is 0 Å². The van der Waals surface area contributed by atoms with Crippen LogP contribution in [0.5, 0.6) is 0 Å². The molecule has 1 rings (SSSR count). The summed E-state index contributed by atoms with van der Waals surface area (Å²) in [5.74, 6) is 0. The smallest absolute Gasteiger partial charge is 0.187 e. The average molecular weight is 238 g/mol. The van der Waals surface area contributed by atoms with Gasteiger partial charge < -0.3 is 35.0 Å². The molecule has 0 aromatic carbocycles. The fourth-order valence-electron chi connectivity index (χ4n) is 1.45. The molecule has 0 spiro atoms. The SMILES string of the molecule is CC(CO)O[C@@H]1OC(CO)[C@@H](O)C(O)[C@H]1O. The molecule has 1 aliphatic rings. The van der Waals surface area contributed by atoms with Gasteiger partial charge in [-0.05, 0) is 6.92 Å². The summed E-state index contributed by atoms with van der Waals surface area (Å²) in [5.41, 5.74) is 0. The molecule has 1 heterocycles. The minimum absolute atomic E-state index is 0.269. The van der Waals surface area contributed by atoms with Crippen molar-refractivity contribution in [3.05, 3.63) is 0 Å². The number of aliphatic hydroxyl groups is 5. The fraction of sp³-hybridized carbons (Fsp3) is 1.00. The number of hydrogen-bond donors (Lipinski definition) is 5. The van der Waals surface area contributed by atoms with Crippen molar-refractivity contribution in [1.82, 2.24) is 0 Å². The Morgan fingerprint density at radius 1 is 1.12 bits per heavy atom. The van der Waals surface area contributed by atoms with Crippen molar-refractivity contribution in [2.24, 2.45) is 0 Å². The Morgan fingerprint density at radius 2 is 1.75 bits per heavy atom. The molecule has 7 nitrogen and oxygen atoms in total. The molecule has 0 amide bonds. The van der Waals surface area contributed by atoms with E-state index in [1.165, 1.54) is 0 Å². The van der Waals surface area contributed by atoms with Crippen LogP contribution in [0, 0.1) is 0 Å². The van der Waals surface area contributed by atoms with Crippen molar-refractivity contribution in [3.8, 4) is 0 Å². The van der Waals surface area contributed by atoms with E-state index in [1.54, 1.807) is 6.92 Å². The molecule has 6 atom stereocenters.